The van der Waals surface area contributed by atoms with Crippen molar-refractivity contribution in [3.8, 4) is 28.7 Å². The monoisotopic (exact) mass is 405 g/mol. The van der Waals surface area contributed by atoms with Crippen LogP contribution in [0.1, 0.15) is 10.4 Å². The minimum absolute atomic E-state index is 0.219. The first-order valence-corrected chi connectivity index (χ1v) is 9.25. The summed E-state index contributed by atoms with van der Waals surface area (Å²) in [5.41, 5.74) is 1.15. The van der Waals surface area contributed by atoms with Crippen LogP contribution in [-0.2, 0) is 0 Å². The second-order valence-corrected chi connectivity index (χ2v) is 6.17. The molecule has 0 saturated carbocycles. The molecule has 3 aromatic carbocycles. The van der Waals surface area contributed by atoms with E-state index in [1.54, 1.807) is 18.3 Å². The van der Waals surface area contributed by atoms with Crippen LogP contribution in [0.4, 0.5) is 5.69 Å². The third kappa shape index (κ3) is 4.91. The molecule has 0 aromatic heterocycles. The maximum Gasteiger partial charge on any atom is 0.203 e. The Hall–Kier alpha value is -3.93. The third-order valence-electron chi connectivity index (χ3n) is 4.28. The number of nitrogens with one attached hydrogen (secondary N) is 1. The lowest BCUT2D eigenvalue weighted by Gasteiger charge is -2.13. The molecule has 0 aliphatic carbocycles. The first kappa shape index (κ1) is 20.8. The Morgan fingerprint density at radius 2 is 1.43 bits per heavy atom. The average Bonchev–Trinajstić information content (AvgIpc) is 2.79. The number of hydrogen-bond acceptors (Lipinski definition) is 6. The van der Waals surface area contributed by atoms with Crippen molar-refractivity contribution < 1.29 is 23.7 Å². The highest BCUT2D eigenvalue weighted by Crippen LogP contribution is 2.38. The number of allylic oxidation sites excluding steroid dienone is 1. The van der Waals surface area contributed by atoms with E-state index in [9.17, 15) is 4.79 Å². The molecule has 0 fully saturated rings. The number of carbonyl (C=O) groups excluding carboxylic acids is 1. The minimum Gasteiger partial charge on any atom is -0.493 e. The van der Waals surface area contributed by atoms with Gasteiger partial charge in [0.05, 0.1) is 27.0 Å². The van der Waals surface area contributed by atoms with Gasteiger partial charge in [0.2, 0.25) is 5.75 Å². The fourth-order valence-corrected chi connectivity index (χ4v) is 2.82. The molecule has 154 valence electrons. The van der Waals surface area contributed by atoms with E-state index in [-0.39, 0.29) is 5.78 Å². The summed E-state index contributed by atoms with van der Waals surface area (Å²) in [5.74, 6) is 2.43. The van der Waals surface area contributed by atoms with Crippen LogP contribution in [0.2, 0.25) is 0 Å². The van der Waals surface area contributed by atoms with Gasteiger partial charge in [-0.3, -0.25) is 4.79 Å². The van der Waals surface area contributed by atoms with Crippen molar-refractivity contribution in [3.05, 3.63) is 84.6 Å². The van der Waals surface area contributed by atoms with Crippen LogP contribution in [0.3, 0.4) is 0 Å². The van der Waals surface area contributed by atoms with Crippen LogP contribution in [0.25, 0.3) is 0 Å². The van der Waals surface area contributed by atoms with E-state index in [1.807, 2.05) is 54.6 Å². The molecule has 0 aliphatic rings. The van der Waals surface area contributed by atoms with E-state index in [4.69, 9.17) is 18.9 Å². The van der Waals surface area contributed by atoms with Crippen LogP contribution < -0.4 is 24.3 Å². The summed E-state index contributed by atoms with van der Waals surface area (Å²) in [4.78, 5) is 12.6. The summed E-state index contributed by atoms with van der Waals surface area (Å²) < 4.78 is 21.8. The topological polar surface area (TPSA) is 66.0 Å². The summed E-state index contributed by atoms with van der Waals surface area (Å²) in [6, 6.07) is 20.2. The highest BCUT2D eigenvalue weighted by molar-refractivity contribution is 6.05. The largest absolute Gasteiger partial charge is 0.493 e. The van der Waals surface area contributed by atoms with Gasteiger partial charge in [0.25, 0.3) is 0 Å². The predicted octanol–water partition coefficient (Wildman–Crippen LogP) is 5.31. The van der Waals surface area contributed by atoms with Crippen molar-refractivity contribution in [2.24, 2.45) is 0 Å². The van der Waals surface area contributed by atoms with Crippen LogP contribution >= 0.6 is 0 Å². The van der Waals surface area contributed by atoms with Crippen molar-refractivity contribution >= 4 is 11.5 Å². The molecule has 3 rings (SSSR count). The Balaban J connectivity index is 1.75. The molecule has 30 heavy (non-hydrogen) atoms. The second kappa shape index (κ2) is 10.0. The number of methoxy groups -OCH3 is 3. The Kier molecular flexibility index (Phi) is 6.95. The van der Waals surface area contributed by atoms with E-state index >= 15 is 0 Å². The lowest BCUT2D eigenvalue weighted by atomic mass is 10.1. The third-order valence-corrected chi connectivity index (χ3v) is 4.28. The molecule has 0 bridgehead atoms. The molecule has 0 aliphatic heterocycles. The van der Waals surface area contributed by atoms with Gasteiger partial charge >= 0.3 is 0 Å². The van der Waals surface area contributed by atoms with Crippen LogP contribution in [0, 0.1) is 0 Å². The maximum absolute atomic E-state index is 12.6. The molecule has 6 nitrogen and oxygen atoms in total. The molecular formula is C24H23NO5. The van der Waals surface area contributed by atoms with Gasteiger partial charge in [-0.2, -0.15) is 0 Å². The summed E-state index contributed by atoms with van der Waals surface area (Å²) in [7, 11) is 4.53. The second-order valence-electron chi connectivity index (χ2n) is 6.17. The number of rotatable bonds is 9. The number of hydrogen-bond donors (Lipinski definition) is 1. The molecule has 0 atom stereocenters. The van der Waals surface area contributed by atoms with Gasteiger partial charge in [0.1, 0.15) is 5.75 Å². The fraction of sp³-hybridized carbons (Fsp3) is 0.125. The summed E-state index contributed by atoms with van der Waals surface area (Å²) in [6.07, 6.45) is 3.00. The number of ether oxygens (including phenoxy) is 4. The van der Waals surface area contributed by atoms with E-state index in [0.29, 0.717) is 28.6 Å². The highest BCUT2D eigenvalue weighted by Gasteiger charge is 2.15. The van der Waals surface area contributed by atoms with Crippen LogP contribution in [-0.4, -0.2) is 27.1 Å². The van der Waals surface area contributed by atoms with Crippen molar-refractivity contribution in [2.45, 2.75) is 0 Å². The Morgan fingerprint density at radius 1 is 0.800 bits per heavy atom. The predicted molar refractivity (Wildman–Crippen MR) is 116 cm³/mol. The quantitative estimate of drug-likeness (QED) is 0.384. The molecule has 0 unspecified atom stereocenters. The standard InChI is InChI=1S/C24H23NO5/c1-27-22-15-17(16-23(28-2)24(22)29-3)20(26)13-14-25-19-11-7-8-12-21(19)30-18-9-5-4-6-10-18/h4-16,25H,1-3H3/b14-13+. The number of para-hydroxylation sites is 3. The van der Waals surface area contributed by atoms with Crippen LogP contribution in [0.5, 0.6) is 28.7 Å². The number of benzene rings is 3. The zero-order valence-corrected chi connectivity index (χ0v) is 17.0. The fourth-order valence-electron chi connectivity index (χ4n) is 2.82. The van der Waals surface area contributed by atoms with Gasteiger partial charge < -0.3 is 24.3 Å². The molecule has 6 heteroatoms. The van der Waals surface area contributed by atoms with Gasteiger partial charge in [-0.1, -0.05) is 30.3 Å². The first-order valence-electron chi connectivity index (χ1n) is 9.25. The first-order chi connectivity index (χ1) is 14.7. The van der Waals surface area contributed by atoms with Crippen molar-refractivity contribution in [2.75, 3.05) is 26.6 Å². The Labute approximate surface area is 175 Å². The number of ketones is 1. The molecule has 0 saturated heterocycles. The molecule has 0 spiro atoms. The van der Waals surface area contributed by atoms with E-state index in [1.165, 1.54) is 27.4 Å². The molecule has 3 aromatic rings. The number of carbonyl (C=O) groups is 1. The molecule has 0 amide bonds. The van der Waals surface area contributed by atoms with Crippen LogP contribution in [0.15, 0.2) is 79.0 Å². The summed E-state index contributed by atoms with van der Waals surface area (Å²) in [5, 5.41) is 3.10. The van der Waals surface area contributed by atoms with Gasteiger partial charge in [-0.25, -0.2) is 0 Å². The van der Waals surface area contributed by atoms with Gasteiger partial charge in [-0.05, 0) is 36.4 Å². The lowest BCUT2D eigenvalue weighted by molar-refractivity contribution is 0.104. The lowest BCUT2D eigenvalue weighted by Crippen LogP contribution is -2.01. The number of anilines is 1. The van der Waals surface area contributed by atoms with Gasteiger partial charge in [0, 0.05) is 17.8 Å². The van der Waals surface area contributed by atoms with Crippen molar-refractivity contribution in [3.63, 3.8) is 0 Å². The van der Waals surface area contributed by atoms with Crippen molar-refractivity contribution in [1.29, 1.82) is 0 Å². The molecular weight excluding hydrogens is 382 g/mol. The zero-order chi connectivity index (χ0) is 21.3. The SMILES string of the molecule is COc1cc(C(=O)/C=C/Nc2ccccc2Oc2ccccc2)cc(OC)c1OC. The molecule has 0 heterocycles. The maximum atomic E-state index is 12.6. The average molecular weight is 405 g/mol. The molecule has 0 radical (unpaired) electrons. The van der Waals surface area contributed by atoms with E-state index < -0.39 is 0 Å². The Morgan fingerprint density at radius 3 is 2.07 bits per heavy atom. The molecule has 1 N–H and O–H groups in total. The highest BCUT2D eigenvalue weighted by atomic mass is 16.5. The smallest absolute Gasteiger partial charge is 0.203 e. The summed E-state index contributed by atoms with van der Waals surface area (Å²) in [6.45, 7) is 0. The van der Waals surface area contributed by atoms with Crippen molar-refractivity contribution in [1.82, 2.24) is 0 Å². The zero-order valence-electron chi connectivity index (χ0n) is 17.0. The Bertz CT molecular complexity index is 1010. The summed E-state index contributed by atoms with van der Waals surface area (Å²) >= 11 is 0. The normalized spacial score (nSPS) is 10.5. The van der Waals surface area contributed by atoms with E-state index in [2.05, 4.69) is 5.32 Å². The van der Waals surface area contributed by atoms with Gasteiger partial charge in [0.15, 0.2) is 23.0 Å². The van der Waals surface area contributed by atoms with E-state index in [0.717, 1.165) is 11.4 Å². The minimum atomic E-state index is -0.219. The van der Waals surface area contributed by atoms with Gasteiger partial charge in [-0.15, -0.1) is 0 Å².